The summed E-state index contributed by atoms with van der Waals surface area (Å²) in [5.74, 6) is -0.731. The monoisotopic (exact) mass is 304 g/mol. The Labute approximate surface area is 105 Å². The molecule has 0 saturated heterocycles. The highest BCUT2D eigenvalue weighted by Gasteiger charge is 2.18. The molecular weight excluding hydrogens is 295 g/mol. The van der Waals surface area contributed by atoms with Crippen molar-refractivity contribution in [1.82, 2.24) is 0 Å². The number of halogens is 2. The molecule has 1 aromatic carbocycles. The molecule has 0 amide bonds. The third kappa shape index (κ3) is 3.79. The molecule has 2 N–H and O–H groups in total. The maximum atomic E-state index is 13.2. The Morgan fingerprint density at radius 2 is 2.24 bits per heavy atom. The molecule has 0 bridgehead atoms. The first-order valence-electron chi connectivity index (χ1n) is 4.67. The molecule has 0 spiro atoms. The second-order valence-electron chi connectivity index (χ2n) is 3.01. The third-order valence-corrected chi connectivity index (χ3v) is 2.44. The number of hydrogen-bond donors (Lipinski definition) is 1. The molecular formula is C10H10BrFN2O3. The molecule has 0 heterocycles. The van der Waals surface area contributed by atoms with Gasteiger partial charge in [0.25, 0.3) is 0 Å². The largest absolute Gasteiger partial charge is 0.483 e. The fourth-order valence-electron chi connectivity index (χ4n) is 1.08. The van der Waals surface area contributed by atoms with Crippen LogP contribution in [0.4, 0.5) is 10.1 Å². The summed E-state index contributed by atoms with van der Waals surface area (Å²) in [6.45, 7) is 0.444. The van der Waals surface area contributed by atoms with Gasteiger partial charge in [0.05, 0.1) is 9.40 Å². The predicted octanol–water partition coefficient (Wildman–Crippen LogP) is 2.39. The Hall–Kier alpha value is -1.47. The Morgan fingerprint density at radius 3 is 2.82 bits per heavy atom. The molecule has 0 fully saturated rings. The highest BCUT2D eigenvalue weighted by Crippen LogP contribution is 2.32. The van der Waals surface area contributed by atoms with Crippen LogP contribution in [0.3, 0.4) is 0 Å². The van der Waals surface area contributed by atoms with Crippen LogP contribution in [0.1, 0.15) is 0 Å². The Balaban J connectivity index is 2.92. The molecule has 1 aromatic rings. The van der Waals surface area contributed by atoms with E-state index in [1.54, 1.807) is 12.2 Å². The van der Waals surface area contributed by atoms with Crippen LogP contribution in [-0.4, -0.2) is 18.1 Å². The Bertz CT molecular complexity index is 451. The van der Waals surface area contributed by atoms with Gasteiger partial charge in [0.15, 0.2) is 5.75 Å². The van der Waals surface area contributed by atoms with Crippen LogP contribution in [0, 0.1) is 15.9 Å². The first-order valence-corrected chi connectivity index (χ1v) is 5.47. The minimum absolute atomic E-state index is 0.0223. The lowest BCUT2D eigenvalue weighted by atomic mass is 10.3. The summed E-state index contributed by atoms with van der Waals surface area (Å²) < 4.78 is 18.3. The van der Waals surface area contributed by atoms with Gasteiger partial charge < -0.3 is 10.5 Å². The van der Waals surface area contributed by atoms with Gasteiger partial charge in [-0.15, -0.1) is 0 Å². The van der Waals surface area contributed by atoms with Gasteiger partial charge in [0, 0.05) is 18.7 Å². The maximum Gasteiger partial charge on any atom is 0.312 e. The molecule has 92 valence electrons. The van der Waals surface area contributed by atoms with E-state index < -0.39 is 10.7 Å². The molecule has 0 aliphatic rings. The lowest BCUT2D eigenvalue weighted by Crippen LogP contribution is -2.00. The quantitative estimate of drug-likeness (QED) is 0.514. The number of ether oxygens (including phenoxy) is 1. The molecule has 0 aliphatic heterocycles. The van der Waals surface area contributed by atoms with E-state index in [0.717, 1.165) is 12.1 Å². The zero-order valence-electron chi connectivity index (χ0n) is 8.73. The minimum Gasteiger partial charge on any atom is -0.483 e. The number of rotatable bonds is 5. The normalized spacial score (nSPS) is 10.8. The van der Waals surface area contributed by atoms with Crippen molar-refractivity contribution >= 4 is 21.6 Å². The second-order valence-corrected chi connectivity index (χ2v) is 3.86. The lowest BCUT2D eigenvalue weighted by Gasteiger charge is -2.05. The Morgan fingerprint density at radius 1 is 1.53 bits per heavy atom. The zero-order chi connectivity index (χ0) is 12.8. The SMILES string of the molecule is NC/C=C/COc1cc(F)c(Br)cc1[N+](=O)[O-]. The van der Waals surface area contributed by atoms with E-state index in [4.69, 9.17) is 10.5 Å². The molecule has 5 nitrogen and oxygen atoms in total. The highest BCUT2D eigenvalue weighted by atomic mass is 79.9. The van der Waals surface area contributed by atoms with Gasteiger partial charge in [-0.3, -0.25) is 10.1 Å². The van der Waals surface area contributed by atoms with Crippen molar-refractivity contribution in [3.63, 3.8) is 0 Å². The van der Waals surface area contributed by atoms with E-state index in [-0.39, 0.29) is 22.5 Å². The summed E-state index contributed by atoms with van der Waals surface area (Å²) >= 11 is 2.88. The van der Waals surface area contributed by atoms with Crippen LogP contribution in [0.15, 0.2) is 28.8 Å². The molecule has 0 unspecified atom stereocenters. The fourth-order valence-corrected chi connectivity index (χ4v) is 1.41. The first-order chi connectivity index (χ1) is 8.06. The standard InChI is InChI=1S/C10H10BrFN2O3/c11-7-5-9(14(15)16)10(6-8(7)12)17-4-2-1-3-13/h1-2,5-6H,3-4,13H2/b2-1+. The zero-order valence-corrected chi connectivity index (χ0v) is 10.3. The highest BCUT2D eigenvalue weighted by molar-refractivity contribution is 9.10. The molecule has 0 atom stereocenters. The average Bonchev–Trinajstić information content (AvgIpc) is 2.28. The van der Waals surface area contributed by atoms with Gasteiger partial charge in [-0.2, -0.15) is 0 Å². The third-order valence-electron chi connectivity index (χ3n) is 1.84. The van der Waals surface area contributed by atoms with Crippen molar-refractivity contribution < 1.29 is 14.1 Å². The number of nitrogens with zero attached hydrogens (tertiary/aromatic N) is 1. The van der Waals surface area contributed by atoms with Gasteiger partial charge in [-0.1, -0.05) is 12.2 Å². The number of nitro groups is 1. The van der Waals surface area contributed by atoms with E-state index >= 15 is 0 Å². The number of hydrogen-bond acceptors (Lipinski definition) is 4. The van der Waals surface area contributed by atoms with E-state index in [0.29, 0.717) is 6.54 Å². The summed E-state index contributed by atoms with van der Waals surface area (Å²) in [6.07, 6.45) is 3.24. The van der Waals surface area contributed by atoms with Gasteiger partial charge in [0.2, 0.25) is 0 Å². The molecule has 0 aromatic heterocycles. The molecule has 0 aliphatic carbocycles. The maximum absolute atomic E-state index is 13.2. The second kappa shape index (κ2) is 6.31. The van der Waals surface area contributed by atoms with Crippen LogP contribution in [0.2, 0.25) is 0 Å². The van der Waals surface area contributed by atoms with Crippen LogP contribution >= 0.6 is 15.9 Å². The van der Waals surface area contributed by atoms with Crippen molar-refractivity contribution in [2.45, 2.75) is 0 Å². The minimum atomic E-state index is -0.633. The van der Waals surface area contributed by atoms with Crippen molar-refractivity contribution in [1.29, 1.82) is 0 Å². The van der Waals surface area contributed by atoms with Crippen LogP contribution in [0.5, 0.6) is 5.75 Å². The molecule has 0 saturated carbocycles. The number of benzene rings is 1. The van der Waals surface area contributed by atoms with Crippen LogP contribution < -0.4 is 10.5 Å². The van der Waals surface area contributed by atoms with Crippen molar-refractivity contribution in [2.24, 2.45) is 5.73 Å². The van der Waals surface area contributed by atoms with Crippen molar-refractivity contribution in [2.75, 3.05) is 13.2 Å². The molecule has 17 heavy (non-hydrogen) atoms. The van der Waals surface area contributed by atoms with Crippen LogP contribution in [0.25, 0.3) is 0 Å². The topological polar surface area (TPSA) is 78.4 Å². The predicted molar refractivity (Wildman–Crippen MR) is 64.4 cm³/mol. The Kier molecular flexibility index (Phi) is 5.05. The van der Waals surface area contributed by atoms with Gasteiger partial charge in [0.1, 0.15) is 12.4 Å². The van der Waals surface area contributed by atoms with E-state index in [1.165, 1.54) is 0 Å². The summed E-state index contributed by atoms with van der Waals surface area (Å²) in [5.41, 5.74) is 4.92. The van der Waals surface area contributed by atoms with Crippen molar-refractivity contribution in [3.8, 4) is 5.75 Å². The average molecular weight is 305 g/mol. The summed E-state index contributed by atoms with van der Waals surface area (Å²) in [5, 5.41) is 10.7. The van der Waals surface area contributed by atoms with E-state index in [2.05, 4.69) is 15.9 Å². The first kappa shape index (κ1) is 13.6. The summed E-state index contributed by atoms with van der Waals surface area (Å²) in [7, 11) is 0. The molecule has 1 rings (SSSR count). The molecule has 0 radical (unpaired) electrons. The lowest BCUT2D eigenvalue weighted by molar-refractivity contribution is -0.385. The number of nitro benzene ring substituents is 1. The molecule has 7 heteroatoms. The van der Waals surface area contributed by atoms with Gasteiger partial charge >= 0.3 is 5.69 Å². The summed E-state index contributed by atoms with van der Waals surface area (Å²) in [4.78, 5) is 10.1. The van der Waals surface area contributed by atoms with Crippen molar-refractivity contribution in [3.05, 3.63) is 44.7 Å². The van der Waals surface area contributed by atoms with E-state index in [1.807, 2.05) is 0 Å². The number of nitrogens with two attached hydrogens (primary N) is 1. The van der Waals surface area contributed by atoms with Gasteiger partial charge in [-0.05, 0) is 15.9 Å². The summed E-state index contributed by atoms with van der Waals surface area (Å²) in [6, 6.07) is 2.04. The van der Waals surface area contributed by atoms with Crippen LogP contribution in [-0.2, 0) is 0 Å². The smallest absolute Gasteiger partial charge is 0.312 e. The van der Waals surface area contributed by atoms with E-state index in [9.17, 15) is 14.5 Å². The fraction of sp³-hybridized carbons (Fsp3) is 0.200. The van der Waals surface area contributed by atoms with Gasteiger partial charge in [-0.25, -0.2) is 4.39 Å².